The number of halogens is 2. The summed E-state index contributed by atoms with van der Waals surface area (Å²) in [4.78, 5) is 11.3. The fourth-order valence-electron chi connectivity index (χ4n) is 0.590. The van der Waals surface area contributed by atoms with Crippen LogP contribution in [0.3, 0.4) is 0 Å². The van der Waals surface area contributed by atoms with Crippen LogP contribution < -0.4 is 0 Å². The molecule has 0 unspecified atom stereocenters. The van der Waals surface area contributed by atoms with Crippen LogP contribution in [-0.4, -0.2) is 5.24 Å². The molecule has 0 radical (unpaired) electrons. The molecule has 1 aromatic rings. The Bertz CT molecular complexity index is 269. The number of carbonyl (C=O) groups is 1. The van der Waals surface area contributed by atoms with Crippen molar-refractivity contribution in [3.05, 3.63) is 20.3 Å². The topological polar surface area (TPSA) is 17.1 Å². The maximum atomic E-state index is 10.6. The molecule has 0 fully saturated rings. The van der Waals surface area contributed by atoms with Gasteiger partial charge in [-0.25, -0.2) is 0 Å². The van der Waals surface area contributed by atoms with E-state index in [-0.39, 0.29) is 5.24 Å². The molecule has 0 aliphatic carbocycles. The van der Waals surface area contributed by atoms with Gasteiger partial charge in [0.25, 0.3) is 5.24 Å². The van der Waals surface area contributed by atoms with Crippen molar-refractivity contribution in [1.29, 1.82) is 0 Å². The monoisotopic (exact) mass is 238 g/mol. The Labute approximate surface area is 76.1 Å². The normalized spacial score (nSPS) is 9.90. The third-order valence-corrected chi connectivity index (χ3v) is 3.67. The Morgan fingerprint density at radius 2 is 2.40 bits per heavy atom. The molecular formula is C6H4BrClOS. The lowest BCUT2D eigenvalue weighted by molar-refractivity contribution is 0.108. The second-order valence-electron chi connectivity index (χ2n) is 1.81. The lowest BCUT2D eigenvalue weighted by atomic mass is 10.3. The van der Waals surface area contributed by atoms with Gasteiger partial charge in [0, 0.05) is 9.85 Å². The third-order valence-electron chi connectivity index (χ3n) is 1.16. The highest BCUT2D eigenvalue weighted by molar-refractivity contribution is 9.10. The molecule has 0 amide bonds. The molecule has 4 heteroatoms. The summed E-state index contributed by atoms with van der Waals surface area (Å²) in [7, 11) is 0. The molecule has 0 saturated carbocycles. The number of thiophene rings is 1. The van der Waals surface area contributed by atoms with Gasteiger partial charge in [-0.2, -0.15) is 0 Å². The van der Waals surface area contributed by atoms with Gasteiger partial charge in [0.2, 0.25) is 0 Å². The van der Waals surface area contributed by atoms with E-state index in [1.54, 1.807) is 0 Å². The molecule has 1 heterocycles. The minimum atomic E-state index is -0.381. The van der Waals surface area contributed by atoms with E-state index in [4.69, 9.17) is 11.6 Å². The Kier molecular flexibility index (Phi) is 2.50. The molecule has 1 rings (SSSR count). The van der Waals surface area contributed by atoms with Gasteiger partial charge in [-0.05, 0) is 40.0 Å². The van der Waals surface area contributed by atoms with Gasteiger partial charge in [-0.15, -0.1) is 11.3 Å². The van der Waals surface area contributed by atoms with Gasteiger partial charge in [-0.3, -0.25) is 4.79 Å². The molecule has 0 bridgehead atoms. The highest BCUT2D eigenvalue weighted by atomic mass is 79.9. The van der Waals surface area contributed by atoms with E-state index in [2.05, 4.69) is 15.9 Å². The maximum Gasteiger partial charge on any atom is 0.262 e. The number of rotatable bonds is 1. The molecule has 0 N–H and O–H groups in total. The number of hydrogen-bond acceptors (Lipinski definition) is 2. The zero-order valence-corrected chi connectivity index (χ0v) is 8.31. The summed E-state index contributed by atoms with van der Waals surface area (Å²) < 4.78 is 0.946. The number of hydrogen-bond donors (Lipinski definition) is 0. The fourth-order valence-corrected chi connectivity index (χ4v) is 2.25. The Morgan fingerprint density at radius 1 is 1.80 bits per heavy atom. The molecule has 0 aliphatic heterocycles. The summed E-state index contributed by atoms with van der Waals surface area (Å²) in [5.41, 5.74) is 0.921. The summed E-state index contributed by atoms with van der Waals surface area (Å²) in [6.45, 7) is 1.86. The van der Waals surface area contributed by atoms with Crippen LogP contribution in [0.15, 0.2) is 9.85 Å². The molecule has 54 valence electrons. The second kappa shape index (κ2) is 3.03. The molecular weight excluding hydrogens is 235 g/mol. The lowest BCUT2D eigenvalue weighted by Crippen LogP contribution is -1.85. The highest BCUT2D eigenvalue weighted by Gasteiger charge is 2.09. The van der Waals surface area contributed by atoms with Crippen molar-refractivity contribution in [2.24, 2.45) is 0 Å². The van der Waals surface area contributed by atoms with E-state index in [0.29, 0.717) is 4.88 Å². The predicted octanol–water partition coefficient (Wildman–Crippen LogP) is 3.20. The van der Waals surface area contributed by atoms with E-state index >= 15 is 0 Å². The van der Waals surface area contributed by atoms with Crippen molar-refractivity contribution in [2.45, 2.75) is 6.92 Å². The van der Waals surface area contributed by atoms with Gasteiger partial charge in [0.05, 0.1) is 4.88 Å². The van der Waals surface area contributed by atoms with Crippen LogP contribution in [-0.2, 0) is 0 Å². The summed E-state index contributed by atoms with van der Waals surface area (Å²) in [6.07, 6.45) is 0. The molecule has 0 atom stereocenters. The highest BCUT2D eigenvalue weighted by Crippen LogP contribution is 2.27. The minimum absolute atomic E-state index is 0.381. The average molecular weight is 240 g/mol. The molecule has 1 aromatic heterocycles. The first-order chi connectivity index (χ1) is 4.63. The van der Waals surface area contributed by atoms with E-state index in [0.717, 1.165) is 10.0 Å². The van der Waals surface area contributed by atoms with Gasteiger partial charge < -0.3 is 0 Å². The zero-order chi connectivity index (χ0) is 7.72. The van der Waals surface area contributed by atoms with E-state index in [9.17, 15) is 4.79 Å². The van der Waals surface area contributed by atoms with Crippen molar-refractivity contribution in [3.8, 4) is 0 Å². The van der Waals surface area contributed by atoms with Crippen LogP contribution in [0.25, 0.3) is 0 Å². The molecule has 0 saturated heterocycles. The van der Waals surface area contributed by atoms with Gasteiger partial charge in [0.1, 0.15) is 0 Å². The zero-order valence-electron chi connectivity index (χ0n) is 5.15. The standard InChI is InChI=1S/C6H4BrClOS/c1-3-4(7)2-10-5(3)6(8)9/h2H,1H3. The summed E-state index contributed by atoms with van der Waals surface area (Å²) in [6, 6.07) is 0. The Hall–Kier alpha value is 0.140. The minimum Gasteiger partial charge on any atom is -0.275 e. The third kappa shape index (κ3) is 1.41. The molecule has 1 nitrogen and oxygen atoms in total. The Morgan fingerprint density at radius 3 is 2.60 bits per heavy atom. The van der Waals surface area contributed by atoms with Crippen LogP contribution >= 0.6 is 38.9 Å². The first-order valence-electron chi connectivity index (χ1n) is 2.56. The van der Waals surface area contributed by atoms with Crippen molar-refractivity contribution < 1.29 is 4.79 Å². The van der Waals surface area contributed by atoms with Crippen LogP contribution in [0.2, 0.25) is 0 Å². The van der Waals surface area contributed by atoms with Gasteiger partial charge >= 0.3 is 0 Å². The molecule has 0 aliphatic rings. The lowest BCUT2D eigenvalue weighted by Gasteiger charge is -1.88. The van der Waals surface area contributed by atoms with Crippen molar-refractivity contribution in [3.63, 3.8) is 0 Å². The smallest absolute Gasteiger partial charge is 0.262 e. The van der Waals surface area contributed by atoms with E-state index in [1.807, 2.05) is 12.3 Å². The summed E-state index contributed by atoms with van der Waals surface area (Å²) >= 11 is 9.91. The van der Waals surface area contributed by atoms with Crippen LogP contribution in [0.1, 0.15) is 15.2 Å². The fraction of sp³-hybridized carbons (Fsp3) is 0.167. The SMILES string of the molecule is Cc1c(Br)csc1C(=O)Cl. The van der Waals surface area contributed by atoms with E-state index < -0.39 is 0 Å². The van der Waals surface area contributed by atoms with Crippen LogP contribution in [0, 0.1) is 6.92 Å². The Balaban J connectivity index is 3.17. The van der Waals surface area contributed by atoms with Gasteiger partial charge in [-0.1, -0.05) is 0 Å². The summed E-state index contributed by atoms with van der Waals surface area (Å²) in [5.74, 6) is 0. The average Bonchev–Trinajstić information content (AvgIpc) is 2.14. The molecule has 10 heavy (non-hydrogen) atoms. The van der Waals surface area contributed by atoms with Crippen molar-refractivity contribution in [2.75, 3.05) is 0 Å². The second-order valence-corrected chi connectivity index (χ2v) is 3.89. The van der Waals surface area contributed by atoms with Crippen LogP contribution in [0.5, 0.6) is 0 Å². The predicted molar refractivity (Wildman–Crippen MR) is 46.9 cm³/mol. The largest absolute Gasteiger partial charge is 0.275 e. The number of carbonyl (C=O) groups excluding carboxylic acids is 1. The van der Waals surface area contributed by atoms with Crippen LogP contribution in [0.4, 0.5) is 0 Å². The quantitative estimate of drug-likeness (QED) is 0.688. The first-order valence-corrected chi connectivity index (χ1v) is 4.61. The summed E-state index contributed by atoms with van der Waals surface area (Å²) in [5, 5.41) is 1.47. The van der Waals surface area contributed by atoms with E-state index in [1.165, 1.54) is 11.3 Å². The maximum absolute atomic E-state index is 10.6. The van der Waals surface area contributed by atoms with Crippen molar-refractivity contribution >= 4 is 44.1 Å². The van der Waals surface area contributed by atoms with Gasteiger partial charge in [0.15, 0.2) is 0 Å². The van der Waals surface area contributed by atoms with Crippen molar-refractivity contribution in [1.82, 2.24) is 0 Å². The first kappa shape index (κ1) is 8.24. The molecule has 0 aromatic carbocycles. The molecule has 0 spiro atoms.